The second kappa shape index (κ2) is 6.62. The molecule has 0 atom stereocenters. The highest BCUT2D eigenvalue weighted by Crippen LogP contribution is 2.45. The standard InChI is InChI=1S/C19H25NO4/c1-23-16-5-4-15(10-17(16)24-11-14-2-3-14)18(12-20)6-8-19(22,13-21)9-7-18/h4-5,10,14,21-22H,2-3,6-9,11,13H2,1H3/t18-,19+. The molecule has 0 spiro atoms. The van der Waals surface area contributed by atoms with Crippen LogP contribution in [-0.2, 0) is 5.41 Å². The zero-order valence-electron chi connectivity index (χ0n) is 14.1. The Morgan fingerprint density at radius 2 is 1.92 bits per heavy atom. The minimum Gasteiger partial charge on any atom is -0.493 e. The third kappa shape index (κ3) is 3.35. The zero-order valence-corrected chi connectivity index (χ0v) is 14.1. The number of nitriles is 1. The van der Waals surface area contributed by atoms with Crippen molar-refractivity contribution in [2.24, 2.45) is 5.92 Å². The van der Waals surface area contributed by atoms with Crippen molar-refractivity contribution in [3.63, 3.8) is 0 Å². The van der Waals surface area contributed by atoms with Gasteiger partial charge in [0.05, 0.1) is 37.4 Å². The van der Waals surface area contributed by atoms with Crippen molar-refractivity contribution >= 4 is 0 Å². The first kappa shape index (κ1) is 17.1. The molecule has 1 aromatic rings. The van der Waals surface area contributed by atoms with E-state index >= 15 is 0 Å². The molecule has 0 aliphatic heterocycles. The molecule has 0 unspecified atom stereocenters. The summed E-state index contributed by atoms with van der Waals surface area (Å²) in [7, 11) is 1.61. The lowest BCUT2D eigenvalue weighted by Gasteiger charge is -2.39. The monoisotopic (exact) mass is 331 g/mol. The number of nitrogens with zero attached hydrogens (tertiary/aromatic N) is 1. The van der Waals surface area contributed by atoms with E-state index in [4.69, 9.17) is 9.47 Å². The predicted molar refractivity (Wildman–Crippen MR) is 89.0 cm³/mol. The van der Waals surface area contributed by atoms with Crippen LogP contribution >= 0.6 is 0 Å². The Labute approximate surface area is 142 Å². The van der Waals surface area contributed by atoms with Crippen LogP contribution in [0.4, 0.5) is 0 Å². The van der Waals surface area contributed by atoms with Gasteiger partial charge in [0.15, 0.2) is 11.5 Å². The van der Waals surface area contributed by atoms with E-state index in [1.54, 1.807) is 7.11 Å². The molecule has 2 fully saturated rings. The number of hydrogen-bond donors (Lipinski definition) is 2. The predicted octanol–water partition coefficient (Wildman–Crippen LogP) is 2.54. The van der Waals surface area contributed by atoms with Crippen molar-refractivity contribution in [3.05, 3.63) is 23.8 Å². The lowest BCUT2D eigenvalue weighted by molar-refractivity contribution is -0.0514. The van der Waals surface area contributed by atoms with Gasteiger partial charge in [0.2, 0.25) is 0 Å². The highest BCUT2D eigenvalue weighted by molar-refractivity contribution is 5.47. The minimum absolute atomic E-state index is 0.257. The number of aliphatic hydroxyl groups is 2. The van der Waals surface area contributed by atoms with Crippen molar-refractivity contribution in [3.8, 4) is 17.6 Å². The van der Waals surface area contributed by atoms with Gasteiger partial charge in [-0.2, -0.15) is 5.26 Å². The normalized spacial score (nSPS) is 29.8. The molecule has 24 heavy (non-hydrogen) atoms. The lowest BCUT2D eigenvalue weighted by Crippen LogP contribution is -2.43. The molecule has 2 aliphatic carbocycles. The smallest absolute Gasteiger partial charge is 0.161 e. The fraction of sp³-hybridized carbons (Fsp3) is 0.632. The van der Waals surface area contributed by atoms with E-state index in [1.807, 2.05) is 18.2 Å². The van der Waals surface area contributed by atoms with Crippen molar-refractivity contribution in [1.82, 2.24) is 0 Å². The topological polar surface area (TPSA) is 82.7 Å². The molecular weight excluding hydrogens is 306 g/mol. The molecule has 0 aromatic heterocycles. The number of ether oxygens (including phenoxy) is 2. The van der Waals surface area contributed by atoms with Gasteiger partial charge in [0, 0.05) is 0 Å². The molecule has 2 saturated carbocycles. The average Bonchev–Trinajstić information content (AvgIpc) is 3.45. The first-order valence-electron chi connectivity index (χ1n) is 8.60. The number of benzene rings is 1. The molecule has 0 heterocycles. The fourth-order valence-corrected chi connectivity index (χ4v) is 3.34. The van der Waals surface area contributed by atoms with Crippen molar-refractivity contribution in [1.29, 1.82) is 5.26 Å². The van der Waals surface area contributed by atoms with Gasteiger partial charge < -0.3 is 19.7 Å². The number of rotatable bonds is 6. The first-order chi connectivity index (χ1) is 11.5. The van der Waals surface area contributed by atoms with Gasteiger partial charge in [-0.05, 0) is 62.1 Å². The maximum atomic E-state index is 10.2. The van der Waals surface area contributed by atoms with E-state index in [1.165, 1.54) is 12.8 Å². The van der Waals surface area contributed by atoms with Crippen LogP contribution in [0.2, 0.25) is 0 Å². The maximum absolute atomic E-state index is 10.2. The van der Waals surface area contributed by atoms with E-state index in [9.17, 15) is 15.5 Å². The minimum atomic E-state index is -1.06. The Morgan fingerprint density at radius 3 is 2.46 bits per heavy atom. The third-order valence-electron chi connectivity index (χ3n) is 5.43. The summed E-state index contributed by atoms with van der Waals surface area (Å²) in [6.45, 7) is 0.427. The molecule has 2 aliphatic rings. The summed E-state index contributed by atoms with van der Waals surface area (Å²) < 4.78 is 11.3. The Morgan fingerprint density at radius 1 is 1.21 bits per heavy atom. The fourth-order valence-electron chi connectivity index (χ4n) is 3.34. The Hall–Kier alpha value is -1.77. The van der Waals surface area contributed by atoms with Crippen LogP contribution in [-0.4, -0.2) is 36.1 Å². The molecule has 0 radical (unpaired) electrons. The van der Waals surface area contributed by atoms with E-state index in [0.29, 0.717) is 49.7 Å². The number of methoxy groups -OCH3 is 1. The van der Waals surface area contributed by atoms with Crippen LogP contribution in [0.25, 0.3) is 0 Å². The van der Waals surface area contributed by atoms with Crippen LogP contribution in [0.3, 0.4) is 0 Å². The van der Waals surface area contributed by atoms with Gasteiger partial charge in [-0.25, -0.2) is 0 Å². The van der Waals surface area contributed by atoms with Crippen LogP contribution in [0, 0.1) is 17.2 Å². The summed E-state index contributed by atoms with van der Waals surface area (Å²) in [5.41, 5.74) is -0.805. The van der Waals surface area contributed by atoms with Gasteiger partial charge in [-0.3, -0.25) is 0 Å². The van der Waals surface area contributed by atoms with Crippen LogP contribution in [0.1, 0.15) is 44.1 Å². The lowest BCUT2D eigenvalue weighted by atomic mass is 9.66. The Bertz CT molecular complexity index is 625. The molecule has 130 valence electrons. The van der Waals surface area contributed by atoms with Gasteiger partial charge in [-0.1, -0.05) is 6.07 Å². The molecule has 5 heteroatoms. The second-order valence-corrected chi connectivity index (χ2v) is 7.20. The SMILES string of the molecule is COc1ccc([C@]2(C#N)CC[C@@](O)(CO)CC2)cc1OCC1CC1. The van der Waals surface area contributed by atoms with Crippen LogP contribution in [0.15, 0.2) is 18.2 Å². The summed E-state index contributed by atoms with van der Waals surface area (Å²) in [5.74, 6) is 1.99. The van der Waals surface area contributed by atoms with E-state index in [0.717, 1.165) is 5.56 Å². The largest absolute Gasteiger partial charge is 0.493 e. The molecule has 0 saturated heterocycles. The number of hydrogen-bond acceptors (Lipinski definition) is 5. The van der Waals surface area contributed by atoms with E-state index < -0.39 is 11.0 Å². The second-order valence-electron chi connectivity index (χ2n) is 7.20. The van der Waals surface area contributed by atoms with E-state index in [-0.39, 0.29) is 6.61 Å². The Kier molecular flexibility index (Phi) is 4.71. The highest BCUT2D eigenvalue weighted by Gasteiger charge is 2.43. The molecular formula is C19H25NO4. The van der Waals surface area contributed by atoms with Crippen LogP contribution in [0.5, 0.6) is 11.5 Å². The highest BCUT2D eigenvalue weighted by atomic mass is 16.5. The van der Waals surface area contributed by atoms with Crippen molar-refractivity contribution in [2.45, 2.75) is 49.5 Å². The van der Waals surface area contributed by atoms with Gasteiger partial charge >= 0.3 is 0 Å². The molecule has 5 nitrogen and oxygen atoms in total. The van der Waals surface area contributed by atoms with Crippen molar-refractivity contribution < 1.29 is 19.7 Å². The number of aliphatic hydroxyl groups excluding tert-OH is 1. The zero-order chi connectivity index (χ0) is 17.2. The van der Waals surface area contributed by atoms with Crippen molar-refractivity contribution in [2.75, 3.05) is 20.3 Å². The quantitative estimate of drug-likeness (QED) is 0.837. The molecule has 3 rings (SSSR count). The maximum Gasteiger partial charge on any atom is 0.161 e. The Balaban J connectivity index is 1.83. The van der Waals surface area contributed by atoms with Gasteiger partial charge in [0.25, 0.3) is 0 Å². The van der Waals surface area contributed by atoms with Gasteiger partial charge in [0.1, 0.15) is 0 Å². The van der Waals surface area contributed by atoms with Crippen LogP contribution < -0.4 is 9.47 Å². The van der Waals surface area contributed by atoms with E-state index in [2.05, 4.69) is 6.07 Å². The first-order valence-corrected chi connectivity index (χ1v) is 8.60. The molecule has 0 amide bonds. The summed E-state index contributed by atoms with van der Waals surface area (Å²) in [4.78, 5) is 0. The molecule has 1 aromatic carbocycles. The summed E-state index contributed by atoms with van der Waals surface area (Å²) in [6, 6.07) is 8.12. The molecule has 0 bridgehead atoms. The molecule has 2 N–H and O–H groups in total. The summed E-state index contributed by atoms with van der Waals surface area (Å²) in [5, 5.41) is 29.4. The van der Waals surface area contributed by atoms with Gasteiger partial charge in [-0.15, -0.1) is 0 Å². The average molecular weight is 331 g/mol. The summed E-state index contributed by atoms with van der Waals surface area (Å²) >= 11 is 0. The third-order valence-corrected chi connectivity index (χ3v) is 5.43. The summed E-state index contributed by atoms with van der Waals surface area (Å²) in [6.07, 6.45) is 4.31.